The summed E-state index contributed by atoms with van der Waals surface area (Å²) in [7, 11) is 0. The summed E-state index contributed by atoms with van der Waals surface area (Å²) in [4.78, 5) is 50.3. The summed E-state index contributed by atoms with van der Waals surface area (Å²) in [5, 5.41) is 5.96. The first-order valence-electron chi connectivity index (χ1n) is 13.5. The first kappa shape index (κ1) is 27.1. The fraction of sp³-hybridized carbons (Fsp3) is 0.414. The van der Waals surface area contributed by atoms with Crippen LogP contribution in [0.25, 0.3) is 0 Å². The second kappa shape index (κ2) is 12.1. The number of aliphatic imine (C=N–C) groups is 2. The summed E-state index contributed by atoms with van der Waals surface area (Å²) in [6, 6.07) is 12.6. The molecule has 2 aromatic carbocycles. The van der Waals surface area contributed by atoms with E-state index in [0.717, 1.165) is 31.2 Å². The zero-order valence-corrected chi connectivity index (χ0v) is 22.7. The highest BCUT2D eigenvalue weighted by Gasteiger charge is 2.43. The van der Waals surface area contributed by atoms with Crippen LogP contribution >= 0.6 is 11.8 Å². The summed E-state index contributed by atoms with van der Waals surface area (Å²) in [5.74, 6) is -0.615. The van der Waals surface area contributed by atoms with Crippen LogP contribution < -0.4 is 10.6 Å². The molecule has 39 heavy (non-hydrogen) atoms. The number of rotatable bonds is 8. The van der Waals surface area contributed by atoms with Crippen molar-refractivity contribution in [3.05, 3.63) is 65.5 Å². The van der Waals surface area contributed by atoms with Gasteiger partial charge >= 0.3 is 0 Å². The van der Waals surface area contributed by atoms with E-state index in [0.29, 0.717) is 28.7 Å². The van der Waals surface area contributed by atoms with Gasteiger partial charge in [-0.25, -0.2) is 14.3 Å². The highest BCUT2D eigenvalue weighted by atomic mass is 32.2. The number of amidine groups is 2. The molecule has 1 fully saturated rings. The van der Waals surface area contributed by atoms with Crippen molar-refractivity contribution in [2.24, 2.45) is 9.98 Å². The summed E-state index contributed by atoms with van der Waals surface area (Å²) in [5.41, 5.74) is 2.14. The van der Waals surface area contributed by atoms with Gasteiger partial charge in [0.15, 0.2) is 5.17 Å². The number of thioether (sulfide) groups is 1. The van der Waals surface area contributed by atoms with Crippen LogP contribution in [0.5, 0.6) is 0 Å². The second-order valence-corrected chi connectivity index (χ2v) is 11.2. The number of para-hydroxylation sites is 1. The second-order valence-electron chi connectivity index (χ2n) is 10.0. The zero-order valence-electron chi connectivity index (χ0n) is 21.9. The summed E-state index contributed by atoms with van der Waals surface area (Å²) in [6.07, 6.45) is 5.89. The van der Waals surface area contributed by atoms with Crippen LogP contribution in [0.1, 0.15) is 63.0 Å². The number of fused-ring (bicyclic) bond motifs is 3. The van der Waals surface area contributed by atoms with Crippen LogP contribution in [-0.4, -0.2) is 51.0 Å². The highest BCUT2D eigenvalue weighted by molar-refractivity contribution is 8.15. The van der Waals surface area contributed by atoms with Gasteiger partial charge in [-0.2, -0.15) is 0 Å². The van der Waals surface area contributed by atoms with Crippen molar-refractivity contribution < 1.29 is 18.8 Å². The van der Waals surface area contributed by atoms with E-state index in [2.05, 4.69) is 15.6 Å². The van der Waals surface area contributed by atoms with Crippen molar-refractivity contribution >= 4 is 46.2 Å². The molecule has 2 unspecified atom stereocenters. The van der Waals surface area contributed by atoms with Crippen molar-refractivity contribution in [1.82, 2.24) is 15.5 Å². The third-order valence-corrected chi connectivity index (χ3v) is 8.51. The Morgan fingerprint density at radius 3 is 2.59 bits per heavy atom. The lowest BCUT2D eigenvalue weighted by Crippen LogP contribution is -2.45. The van der Waals surface area contributed by atoms with Crippen LogP contribution in [0.4, 0.5) is 10.1 Å². The van der Waals surface area contributed by atoms with Gasteiger partial charge in [0, 0.05) is 18.2 Å². The van der Waals surface area contributed by atoms with Crippen molar-refractivity contribution in [3.8, 4) is 0 Å². The highest BCUT2D eigenvalue weighted by Crippen LogP contribution is 2.35. The average molecular weight is 550 g/mol. The first-order chi connectivity index (χ1) is 18.9. The lowest BCUT2D eigenvalue weighted by Gasteiger charge is -2.29. The molecule has 10 heteroatoms. The Morgan fingerprint density at radius 2 is 1.85 bits per heavy atom. The molecule has 5 rings (SSSR count). The molecule has 0 saturated heterocycles. The average Bonchev–Trinajstić information content (AvgIpc) is 3.27. The molecule has 2 atom stereocenters. The van der Waals surface area contributed by atoms with Crippen LogP contribution in [0.2, 0.25) is 0 Å². The minimum atomic E-state index is -0.902. The topological polar surface area (TPSA) is 103 Å². The lowest BCUT2D eigenvalue weighted by molar-refractivity contribution is -0.128. The smallest absolute Gasteiger partial charge is 0.259 e. The van der Waals surface area contributed by atoms with Crippen LogP contribution in [0.3, 0.4) is 0 Å². The molecule has 0 spiro atoms. The van der Waals surface area contributed by atoms with Crippen molar-refractivity contribution in [2.75, 3.05) is 0 Å². The monoisotopic (exact) mass is 549 g/mol. The third kappa shape index (κ3) is 6.21. The maximum absolute atomic E-state index is 13.6. The molecule has 0 radical (unpaired) electrons. The molecule has 0 aromatic heterocycles. The molecular formula is C29H32FN5O3S. The molecule has 2 N–H and O–H groups in total. The van der Waals surface area contributed by atoms with Gasteiger partial charge in [0.25, 0.3) is 5.91 Å². The van der Waals surface area contributed by atoms with Gasteiger partial charge in [0.1, 0.15) is 17.7 Å². The standard InChI is InChI=1S/C29H32FN5O3S/c1-2-24(27(37)32-20-8-4-3-5-9-20)39-29-34-22-11-7-6-10-21(22)26-33-23(28(38)35(26)29)16-25(36)31-17-18-12-14-19(30)15-13-18/h6-7,10-15,20,23-24H,2-5,8-9,16-17H2,1H3,(H,31,36)(H,32,37). The number of nitrogens with zero attached hydrogens (tertiary/aromatic N) is 3. The quantitative estimate of drug-likeness (QED) is 0.508. The Hall–Kier alpha value is -3.53. The number of benzene rings is 2. The molecule has 204 valence electrons. The van der Waals surface area contributed by atoms with Gasteiger partial charge in [0.05, 0.1) is 17.4 Å². The molecule has 1 saturated carbocycles. The largest absolute Gasteiger partial charge is 0.352 e. The lowest BCUT2D eigenvalue weighted by atomic mass is 9.95. The Kier molecular flexibility index (Phi) is 8.40. The van der Waals surface area contributed by atoms with Gasteiger partial charge in [-0.3, -0.25) is 19.4 Å². The van der Waals surface area contributed by atoms with Crippen LogP contribution in [0.15, 0.2) is 58.5 Å². The van der Waals surface area contributed by atoms with E-state index in [-0.39, 0.29) is 42.5 Å². The molecule has 2 aromatic rings. The number of hydrogen-bond acceptors (Lipinski definition) is 6. The summed E-state index contributed by atoms with van der Waals surface area (Å²) in [6.45, 7) is 2.17. The maximum atomic E-state index is 13.6. The van der Waals surface area contributed by atoms with Crippen LogP contribution in [0, 0.1) is 5.82 Å². The van der Waals surface area contributed by atoms with Crippen molar-refractivity contribution in [2.45, 2.75) is 75.7 Å². The van der Waals surface area contributed by atoms with Gasteiger partial charge in [-0.1, -0.05) is 62.2 Å². The number of halogens is 1. The molecule has 0 bridgehead atoms. The Balaban J connectivity index is 1.30. The minimum absolute atomic E-state index is 0.0437. The molecule has 2 aliphatic heterocycles. The Morgan fingerprint density at radius 1 is 1.10 bits per heavy atom. The molecule has 3 aliphatic rings. The first-order valence-corrected chi connectivity index (χ1v) is 14.4. The zero-order chi connectivity index (χ0) is 27.4. The predicted molar refractivity (Wildman–Crippen MR) is 150 cm³/mol. The third-order valence-electron chi connectivity index (χ3n) is 7.19. The van der Waals surface area contributed by atoms with E-state index in [4.69, 9.17) is 4.99 Å². The number of carbonyl (C=O) groups is 3. The fourth-order valence-electron chi connectivity index (χ4n) is 5.06. The Labute approximate surface area is 231 Å². The van der Waals surface area contributed by atoms with Crippen molar-refractivity contribution in [1.29, 1.82) is 0 Å². The van der Waals surface area contributed by atoms with Gasteiger partial charge in [-0.05, 0) is 49.1 Å². The number of nitrogens with one attached hydrogen (secondary N) is 2. The number of amides is 3. The van der Waals surface area contributed by atoms with E-state index in [1.807, 2.05) is 31.2 Å². The molecular weight excluding hydrogens is 517 g/mol. The van der Waals surface area contributed by atoms with E-state index >= 15 is 0 Å². The SMILES string of the molecule is CCC(SC1=Nc2ccccc2C2=NC(CC(=O)NCc3ccc(F)cc3)C(=O)N12)C(=O)NC1CCCCC1. The minimum Gasteiger partial charge on any atom is -0.352 e. The van der Waals surface area contributed by atoms with Gasteiger partial charge < -0.3 is 10.6 Å². The predicted octanol–water partition coefficient (Wildman–Crippen LogP) is 4.45. The fourth-order valence-corrected chi connectivity index (χ4v) is 6.08. The Bertz CT molecular complexity index is 1310. The van der Waals surface area contributed by atoms with Gasteiger partial charge in [-0.15, -0.1) is 0 Å². The summed E-state index contributed by atoms with van der Waals surface area (Å²) < 4.78 is 13.2. The van der Waals surface area contributed by atoms with Crippen molar-refractivity contribution in [3.63, 3.8) is 0 Å². The number of hydrogen-bond donors (Lipinski definition) is 2. The number of carbonyl (C=O) groups excluding carboxylic acids is 3. The van der Waals surface area contributed by atoms with E-state index in [9.17, 15) is 18.8 Å². The van der Waals surface area contributed by atoms with E-state index in [1.165, 1.54) is 35.2 Å². The molecule has 2 heterocycles. The summed E-state index contributed by atoms with van der Waals surface area (Å²) >= 11 is 1.27. The van der Waals surface area contributed by atoms with Crippen LogP contribution in [-0.2, 0) is 20.9 Å². The normalized spacial score (nSPS) is 19.5. The molecule has 3 amide bonds. The molecule has 1 aliphatic carbocycles. The van der Waals surface area contributed by atoms with E-state index < -0.39 is 11.3 Å². The van der Waals surface area contributed by atoms with E-state index in [1.54, 1.807) is 12.1 Å². The van der Waals surface area contributed by atoms with Gasteiger partial charge in [0.2, 0.25) is 11.8 Å². The molecule has 8 nitrogen and oxygen atoms in total. The maximum Gasteiger partial charge on any atom is 0.259 e.